The van der Waals surface area contributed by atoms with Crippen molar-refractivity contribution in [1.29, 1.82) is 0 Å². The minimum absolute atomic E-state index is 0. The Bertz CT molecular complexity index is 467. The predicted molar refractivity (Wildman–Crippen MR) is 105 cm³/mol. The highest BCUT2D eigenvalue weighted by Gasteiger charge is 2.37. The third-order valence-corrected chi connectivity index (χ3v) is 5.52. The molecule has 4 fully saturated rings. The number of nitrogens with zero attached hydrogens (tertiary/aromatic N) is 4. The lowest BCUT2D eigenvalue weighted by molar-refractivity contribution is -0.145. The maximum absolute atomic E-state index is 11.9. The SMILES string of the molecule is CN=C(NCC1CN2CCN1CC2)N1CC(C)C(C(=O)OC)C1.I. The molecule has 4 aliphatic rings. The van der Waals surface area contributed by atoms with Crippen LogP contribution in [0.15, 0.2) is 4.99 Å². The summed E-state index contributed by atoms with van der Waals surface area (Å²) in [5.74, 6) is 1.03. The number of fused-ring (bicyclic) bond motifs is 3. The number of nitrogens with one attached hydrogen (secondary N) is 1. The van der Waals surface area contributed by atoms with Gasteiger partial charge in [0.05, 0.1) is 13.0 Å². The van der Waals surface area contributed by atoms with Gasteiger partial charge in [-0.15, -0.1) is 24.0 Å². The number of rotatable bonds is 3. The van der Waals surface area contributed by atoms with Gasteiger partial charge in [-0.1, -0.05) is 6.92 Å². The Labute approximate surface area is 161 Å². The topological polar surface area (TPSA) is 60.4 Å². The van der Waals surface area contributed by atoms with Crippen LogP contribution in [0.25, 0.3) is 0 Å². The smallest absolute Gasteiger partial charge is 0.310 e. The molecule has 0 amide bonds. The van der Waals surface area contributed by atoms with E-state index in [-0.39, 0.29) is 35.9 Å². The number of hydrogen-bond donors (Lipinski definition) is 1. The largest absolute Gasteiger partial charge is 0.469 e. The summed E-state index contributed by atoms with van der Waals surface area (Å²) in [4.78, 5) is 23.6. The molecule has 138 valence electrons. The van der Waals surface area contributed by atoms with E-state index in [9.17, 15) is 4.79 Å². The summed E-state index contributed by atoms with van der Waals surface area (Å²) < 4.78 is 4.92. The van der Waals surface area contributed by atoms with Crippen molar-refractivity contribution in [3.8, 4) is 0 Å². The van der Waals surface area contributed by atoms with Crippen LogP contribution in [0.2, 0.25) is 0 Å². The van der Waals surface area contributed by atoms with Gasteiger partial charge < -0.3 is 15.0 Å². The number of ether oxygens (including phenoxy) is 1. The molecule has 4 heterocycles. The van der Waals surface area contributed by atoms with E-state index in [1.54, 1.807) is 0 Å². The van der Waals surface area contributed by atoms with Crippen molar-refractivity contribution in [2.45, 2.75) is 13.0 Å². The number of aliphatic imine (C=N–C) groups is 1. The fraction of sp³-hybridized carbons (Fsp3) is 0.875. The van der Waals surface area contributed by atoms with Crippen LogP contribution in [0.4, 0.5) is 0 Å². The molecule has 1 N–H and O–H groups in total. The molecule has 0 aromatic carbocycles. The molecule has 2 bridgehead atoms. The van der Waals surface area contributed by atoms with Crippen molar-refractivity contribution < 1.29 is 9.53 Å². The highest BCUT2D eigenvalue weighted by molar-refractivity contribution is 14.0. The molecule has 0 radical (unpaired) electrons. The molecule has 0 saturated carbocycles. The molecule has 8 heteroatoms. The Morgan fingerprint density at radius 3 is 2.46 bits per heavy atom. The lowest BCUT2D eigenvalue weighted by Crippen LogP contribution is -2.63. The molecule has 0 spiro atoms. The van der Waals surface area contributed by atoms with Gasteiger partial charge in [0.15, 0.2) is 5.96 Å². The first-order chi connectivity index (χ1) is 11.1. The van der Waals surface area contributed by atoms with Gasteiger partial charge >= 0.3 is 5.97 Å². The average Bonchev–Trinajstić information content (AvgIpc) is 2.97. The molecule has 0 aromatic rings. The van der Waals surface area contributed by atoms with Crippen LogP contribution >= 0.6 is 24.0 Å². The first kappa shape index (κ1) is 19.7. The van der Waals surface area contributed by atoms with E-state index in [2.05, 4.69) is 31.9 Å². The van der Waals surface area contributed by atoms with Gasteiger partial charge in [-0.05, 0) is 5.92 Å². The van der Waals surface area contributed by atoms with Crippen LogP contribution in [0.5, 0.6) is 0 Å². The normalized spacial score (nSPS) is 35.5. The summed E-state index contributed by atoms with van der Waals surface area (Å²) in [6.07, 6.45) is 0. The maximum atomic E-state index is 11.9. The highest BCUT2D eigenvalue weighted by Crippen LogP contribution is 2.24. The van der Waals surface area contributed by atoms with Crippen molar-refractivity contribution in [2.75, 3.05) is 66.5 Å². The molecule has 7 nitrogen and oxygen atoms in total. The molecule has 4 saturated heterocycles. The van der Waals surface area contributed by atoms with Gasteiger partial charge in [0.2, 0.25) is 0 Å². The van der Waals surface area contributed by atoms with Crippen molar-refractivity contribution in [2.24, 2.45) is 16.8 Å². The van der Waals surface area contributed by atoms with Gasteiger partial charge in [0.1, 0.15) is 0 Å². The van der Waals surface area contributed by atoms with Gasteiger partial charge in [-0.3, -0.25) is 19.6 Å². The molecule has 0 aliphatic carbocycles. The number of piperazine rings is 3. The van der Waals surface area contributed by atoms with Crippen molar-refractivity contribution in [3.63, 3.8) is 0 Å². The average molecular weight is 451 g/mol. The summed E-state index contributed by atoms with van der Waals surface area (Å²) in [6, 6.07) is 0.561. The zero-order chi connectivity index (χ0) is 16.4. The highest BCUT2D eigenvalue weighted by atomic mass is 127. The fourth-order valence-corrected chi connectivity index (χ4v) is 4.06. The summed E-state index contributed by atoms with van der Waals surface area (Å²) >= 11 is 0. The minimum atomic E-state index is -0.112. The zero-order valence-corrected chi connectivity index (χ0v) is 17.2. The number of guanidine groups is 1. The van der Waals surface area contributed by atoms with Gasteiger partial charge in [0, 0.05) is 65.4 Å². The molecular formula is C16H30IN5O2. The van der Waals surface area contributed by atoms with Gasteiger partial charge in [-0.25, -0.2) is 0 Å². The second-order valence-electron chi connectivity index (χ2n) is 6.93. The van der Waals surface area contributed by atoms with Crippen molar-refractivity contribution in [3.05, 3.63) is 0 Å². The zero-order valence-electron chi connectivity index (χ0n) is 14.9. The molecule has 4 rings (SSSR count). The van der Waals surface area contributed by atoms with E-state index in [1.165, 1.54) is 33.3 Å². The number of methoxy groups -OCH3 is 1. The Kier molecular flexibility index (Phi) is 7.11. The molecule has 3 unspecified atom stereocenters. The van der Waals surface area contributed by atoms with E-state index in [1.807, 2.05) is 7.05 Å². The monoisotopic (exact) mass is 451 g/mol. The Balaban J connectivity index is 0.00000208. The first-order valence-corrected chi connectivity index (χ1v) is 8.62. The van der Waals surface area contributed by atoms with E-state index in [0.717, 1.165) is 25.6 Å². The van der Waals surface area contributed by atoms with Crippen LogP contribution in [-0.2, 0) is 9.53 Å². The van der Waals surface area contributed by atoms with E-state index in [0.29, 0.717) is 18.5 Å². The van der Waals surface area contributed by atoms with Crippen molar-refractivity contribution in [1.82, 2.24) is 20.0 Å². The minimum Gasteiger partial charge on any atom is -0.469 e. The van der Waals surface area contributed by atoms with E-state index in [4.69, 9.17) is 4.74 Å². The lowest BCUT2D eigenvalue weighted by Gasteiger charge is -2.47. The van der Waals surface area contributed by atoms with Gasteiger partial charge in [-0.2, -0.15) is 0 Å². The number of carbonyl (C=O) groups excluding carboxylic acids is 1. The number of hydrogen-bond acceptors (Lipinski definition) is 5. The molecule has 3 atom stereocenters. The van der Waals surface area contributed by atoms with Crippen LogP contribution in [-0.4, -0.2) is 99.2 Å². The second-order valence-corrected chi connectivity index (χ2v) is 6.93. The summed E-state index contributed by atoms with van der Waals surface area (Å²) in [7, 11) is 3.28. The van der Waals surface area contributed by atoms with Crippen LogP contribution in [0, 0.1) is 11.8 Å². The Morgan fingerprint density at radius 2 is 1.92 bits per heavy atom. The van der Waals surface area contributed by atoms with Crippen LogP contribution in [0.3, 0.4) is 0 Å². The lowest BCUT2D eigenvalue weighted by atomic mass is 9.99. The molecular weight excluding hydrogens is 421 g/mol. The number of carbonyl (C=O) groups is 1. The van der Waals surface area contributed by atoms with Crippen LogP contribution < -0.4 is 5.32 Å². The first-order valence-electron chi connectivity index (χ1n) is 8.62. The third-order valence-electron chi connectivity index (χ3n) is 5.52. The summed E-state index contributed by atoms with van der Waals surface area (Å²) in [5, 5.41) is 3.52. The van der Waals surface area contributed by atoms with Crippen LogP contribution in [0.1, 0.15) is 6.92 Å². The fourth-order valence-electron chi connectivity index (χ4n) is 4.06. The third kappa shape index (κ3) is 4.13. The maximum Gasteiger partial charge on any atom is 0.310 e. The number of esters is 1. The Hall–Kier alpha value is -0.610. The quantitative estimate of drug-likeness (QED) is 0.281. The number of halogens is 1. The number of likely N-dealkylation sites (tertiary alicyclic amines) is 1. The summed E-state index contributed by atoms with van der Waals surface area (Å²) in [5.41, 5.74) is 0. The molecule has 4 aliphatic heterocycles. The Morgan fingerprint density at radius 1 is 1.21 bits per heavy atom. The standard InChI is InChI=1S/C16H29N5O2.HI/c1-12-9-21(11-14(12)15(22)23-3)16(17-2)18-8-13-10-19-4-6-20(13)7-5-19;/h12-14H,4-11H2,1-3H3,(H,17,18);1H. The van der Waals surface area contributed by atoms with E-state index < -0.39 is 0 Å². The molecule has 24 heavy (non-hydrogen) atoms. The van der Waals surface area contributed by atoms with Crippen molar-refractivity contribution >= 4 is 35.9 Å². The summed E-state index contributed by atoms with van der Waals surface area (Å²) in [6.45, 7) is 10.5. The predicted octanol–water partition coefficient (Wildman–Crippen LogP) is -0.0795. The van der Waals surface area contributed by atoms with E-state index >= 15 is 0 Å². The van der Waals surface area contributed by atoms with Gasteiger partial charge in [0.25, 0.3) is 0 Å². The molecule has 0 aromatic heterocycles. The second kappa shape index (κ2) is 8.66.